The fourth-order valence-corrected chi connectivity index (χ4v) is 1.18. The zero-order valence-corrected chi connectivity index (χ0v) is 13.2. The van der Waals surface area contributed by atoms with Crippen LogP contribution in [0.15, 0.2) is 0 Å². The van der Waals surface area contributed by atoms with Crippen molar-refractivity contribution in [2.75, 3.05) is 6.61 Å². The Morgan fingerprint density at radius 1 is 0.850 bits per heavy atom. The molecule has 20 heavy (non-hydrogen) atoms. The van der Waals surface area contributed by atoms with E-state index in [2.05, 4.69) is 0 Å². The monoisotopic (exact) mass is 288 g/mol. The summed E-state index contributed by atoms with van der Waals surface area (Å²) in [5.41, 5.74) is -1.48. The molecule has 0 heterocycles. The molecule has 0 rings (SSSR count). The van der Waals surface area contributed by atoms with Crippen LogP contribution in [-0.2, 0) is 28.6 Å². The summed E-state index contributed by atoms with van der Waals surface area (Å²) in [5, 5.41) is 0. The van der Waals surface area contributed by atoms with Gasteiger partial charge in [-0.15, -0.1) is 0 Å². The first-order chi connectivity index (χ1) is 8.82. The van der Waals surface area contributed by atoms with Crippen LogP contribution in [0.2, 0.25) is 0 Å². The first-order valence-electron chi connectivity index (χ1n) is 6.41. The smallest absolute Gasteiger partial charge is 0.324 e. The number of rotatable bonds is 4. The lowest BCUT2D eigenvalue weighted by molar-refractivity contribution is -0.177. The molecule has 0 saturated carbocycles. The minimum atomic E-state index is -1.28. The predicted molar refractivity (Wildman–Crippen MR) is 71.8 cm³/mol. The molecule has 0 amide bonds. The Balaban J connectivity index is 4.93. The lowest BCUT2D eigenvalue weighted by atomic mass is 10.1. The third kappa shape index (κ3) is 8.50. The van der Waals surface area contributed by atoms with Gasteiger partial charge in [0.2, 0.25) is 0 Å². The molecule has 0 unspecified atom stereocenters. The van der Waals surface area contributed by atoms with E-state index in [1.165, 1.54) is 6.92 Å². The maximum atomic E-state index is 12.0. The van der Waals surface area contributed by atoms with E-state index >= 15 is 0 Å². The average Bonchev–Trinajstić information content (AvgIpc) is 2.10. The highest BCUT2D eigenvalue weighted by Crippen LogP contribution is 2.16. The first-order valence-corrected chi connectivity index (χ1v) is 6.41. The van der Waals surface area contributed by atoms with Crippen LogP contribution in [0.5, 0.6) is 0 Å². The summed E-state index contributed by atoms with van der Waals surface area (Å²) in [5.74, 6) is -3.40. The molecule has 0 aromatic heterocycles. The molecule has 0 N–H and O–H groups in total. The Morgan fingerprint density at radius 2 is 1.20 bits per heavy atom. The van der Waals surface area contributed by atoms with Crippen LogP contribution in [-0.4, -0.2) is 35.7 Å². The Bertz CT molecular complexity index is 344. The summed E-state index contributed by atoms with van der Waals surface area (Å²) in [7, 11) is 0. The molecule has 0 aliphatic carbocycles. The molecule has 6 nitrogen and oxygen atoms in total. The van der Waals surface area contributed by atoms with Gasteiger partial charge < -0.3 is 14.2 Å². The van der Waals surface area contributed by atoms with Gasteiger partial charge in [0.05, 0.1) is 0 Å². The van der Waals surface area contributed by atoms with Gasteiger partial charge in [-0.25, -0.2) is 0 Å². The van der Waals surface area contributed by atoms with Crippen LogP contribution in [0.3, 0.4) is 0 Å². The zero-order valence-electron chi connectivity index (χ0n) is 13.2. The normalized spacial score (nSPS) is 12.0. The lowest BCUT2D eigenvalue weighted by Crippen LogP contribution is -2.39. The second-order valence-corrected chi connectivity index (χ2v) is 6.42. The van der Waals surface area contributed by atoms with Crippen molar-refractivity contribution in [1.29, 1.82) is 0 Å². The summed E-state index contributed by atoms with van der Waals surface area (Å²) in [6, 6.07) is 0. The van der Waals surface area contributed by atoms with Gasteiger partial charge >= 0.3 is 17.9 Å². The van der Waals surface area contributed by atoms with Crippen molar-refractivity contribution in [2.24, 2.45) is 5.92 Å². The van der Waals surface area contributed by atoms with Gasteiger partial charge in [0.1, 0.15) is 17.8 Å². The molecule has 0 aromatic rings. The van der Waals surface area contributed by atoms with Crippen LogP contribution in [0.1, 0.15) is 48.5 Å². The number of ether oxygens (including phenoxy) is 3. The summed E-state index contributed by atoms with van der Waals surface area (Å²) in [6.45, 7) is 10.9. The maximum Gasteiger partial charge on any atom is 0.324 e. The molecule has 0 aliphatic rings. The Hall–Kier alpha value is -1.59. The number of hydrogen-bond donors (Lipinski definition) is 0. The van der Waals surface area contributed by atoms with Crippen molar-refractivity contribution in [3.8, 4) is 0 Å². The van der Waals surface area contributed by atoms with Crippen LogP contribution in [0, 0.1) is 5.92 Å². The Kier molecular flexibility index (Phi) is 6.19. The van der Waals surface area contributed by atoms with Crippen LogP contribution in [0.4, 0.5) is 0 Å². The van der Waals surface area contributed by atoms with E-state index in [0.717, 1.165) is 0 Å². The summed E-state index contributed by atoms with van der Waals surface area (Å²) >= 11 is 0. The standard InChI is InChI=1S/C14H24O6/c1-9(15)18-8-10(11(16)19-13(2,3)4)12(17)20-14(5,6)7/h10H,8H2,1-7H3. The minimum Gasteiger partial charge on any atom is -0.464 e. The molecular formula is C14H24O6. The quantitative estimate of drug-likeness (QED) is 0.446. The van der Waals surface area contributed by atoms with Gasteiger partial charge in [0.25, 0.3) is 0 Å². The van der Waals surface area contributed by atoms with Crippen LogP contribution < -0.4 is 0 Å². The van der Waals surface area contributed by atoms with E-state index in [-0.39, 0.29) is 6.61 Å². The third-order valence-electron chi connectivity index (χ3n) is 1.84. The molecule has 0 fully saturated rings. The maximum absolute atomic E-state index is 12.0. The van der Waals surface area contributed by atoms with E-state index in [4.69, 9.17) is 14.2 Å². The van der Waals surface area contributed by atoms with E-state index in [1.807, 2.05) is 0 Å². The number of carbonyl (C=O) groups is 3. The first kappa shape index (κ1) is 18.4. The fourth-order valence-electron chi connectivity index (χ4n) is 1.18. The van der Waals surface area contributed by atoms with E-state index in [9.17, 15) is 14.4 Å². The van der Waals surface area contributed by atoms with Crippen molar-refractivity contribution in [3.63, 3.8) is 0 Å². The molecule has 0 bridgehead atoms. The second kappa shape index (κ2) is 6.72. The van der Waals surface area contributed by atoms with Crippen molar-refractivity contribution in [2.45, 2.75) is 59.7 Å². The van der Waals surface area contributed by atoms with E-state index < -0.39 is 35.0 Å². The van der Waals surface area contributed by atoms with Crippen molar-refractivity contribution < 1.29 is 28.6 Å². The molecule has 0 aromatic carbocycles. The van der Waals surface area contributed by atoms with Crippen LogP contribution in [0.25, 0.3) is 0 Å². The van der Waals surface area contributed by atoms with Crippen molar-refractivity contribution >= 4 is 17.9 Å². The number of esters is 3. The van der Waals surface area contributed by atoms with E-state index in [1.54, 1.807) is 41.5 Å². The summed E-state index contributed by atoms with van der Waals surface area (Å²) in [6.07, 6.45) is 0. The molecule has 0 atom stereocenters. The SMILES string of the molecule is CC(=O)OCC(C(=O)OC(C)(C)C)C(=O)OC(C)(C)C. The van der Waals surface area contributed by atoms with Gasteiger partial charge in [-0.1, -0.05) is 0 Å². The van der Waals surface area contributed by atoms with Crippen LogP contribution >= 0.6 is 0 Å². The largest absolute Gasteiger partial charge is 0.464 e. The number of hydrogen-bond acceptors (Lipinski definition) is 6. The van der Waals surface area contributed by atoms with Gasteiger partial charge in [-0.05, 0) is 41.5 Å². The van der Waals surface area contributed by atoms with Gasteiger partial charge in [-0.2, -0.15) is 0 Å². The molecule has 0 saturated heterocycles. The summed E-state index contributed by atoms with van der Waals surface area (Å²) in [4.78, 5) is 34.8. The van der Waals surface area contributed by atoms with Gasteiger partial charge in [0.15, 0.2) is 5.92 Å². The molecule has 0 spiro atoms. The average molecular weight is 288 g/mol. The van der Waals surface area contributed by atoms with Crippen molar-refractivity contribution in [1.82, 2.24) is 0 Å². The van der Waals surface area contributed by atoms with Gasteiger partial charge in [-0.3, -0.25) is 14.4 Å². The lowest BCUT2D eigenvalue weighted by Gasteiger charge is -2.26. The topological polar surface area (TPSA) is 78.9 Å². The minimum absolute atomic E-state index is 0.390. The van der Waals surface area contributed by atoms with Crippen molar-refractivity contribution in [3.05, 3.63) is 0 Å². The second-order valence-electron chi connectivity index (χ2n) is 6.42. The van der Waals surface area contributed by atoms with Gasteiger partial charge in [0, 0.05) is 6.92 Å². The third-order valence-corrected chi connectivity index (χ3v) is 1.84. The highest BCUT2D eigenvalue weighted by Gasteiger charge is 2.35. The summed E-state index contributed by atoms with van der Waals surface area (Å²) < 4.78 is 15.0. The number of carbonyl (C=O) groups excluding carboxylic acids is 3. The highest BCUT2D eigenvalue weighted by atomic mass is 16.6. The fraction of sp³-hybridized carbons (Fsp3) is 0.786. The highest BCUT2D eigenvalue weighted by molar-refractivity contribution is 5.95. The molecule has 116 valence electrons. The molecule has 0 aliphatic heterocycles. The Labute approximate surface area is 119 Å². The molecule has 6 heteroatoms. The zero-order chi connectivity index (χ0) is 16.1. The molecule has 0 radical (unpaired) electrons. The predicted octanol–water partition coefficient (Wildman–Crippen LogP) is 1.85. The molecular weight excluding hydrogens is 264 g/mol. The Morgan fingerprint density at radius 3 is 1.45 bits per heavy atom. The van der Waals surface area contributed by atoms with E-state index in [0.29, 0.717) is 0 Å².